The molecule has 3 heterocycles. The summed E-state index contributed by atoms with van der Waals surface area (Å²) >= 11 is 0. The van der Waals surface area contributed by atoms with Crippen LogP contribution < -0.4 is 0 Å². The summed E-state index contributed by atoms with van der Waals surface area (Å²) in [5.74, 6) is 0. The van der Waals surface area contributed by atoms with E-state index in [2.05, 4.69) is 60.3 Å². The molecule has 0 spiro atoms. The molecule has 0 aromatic carbocycles. The van der Waals surface area contributed by atoms with Crippen LogP contribution in [0.5, 0.6) is 0 Å². The first kappa shape index (κ1) is 14.6. The molecule has 0 radical (unpaired) electrons. The fourth-order valence-corrected chi connectivity index (χ4v) is 2.87. The van der Waals surface area contributed by atoms with E-state index in [4.69, 9.17) is 5.10 Å². The zero-order chi connectivity index (χ0) is 16.6. The summed E-state index contributed by atoms with van der Waals surface area (Å²) in [5, 5.41) is 4.80. The van der Waals surface area contributed by atoms with Crippen LogP contribution in [0.3, 0.4) is 0 Å². The lowest BCUT2D eigenvalue weighted by Gasteiger charge is -2.12. The predicted octanol–water partition coefficient (Wildman–Crippen LogP) is 4.33. The molecule has 3 aromatic rings. The van der Waals surface area contributed by atoms with Crippen molar-refractivity contribution >= 4 is 11.1 Å². The van der Waals surface area contributed by atoms with Crippen molar-refractivity contribution in [3.05, 3.63) is 79.2 Å². The molecule has 1 aliphatic rings. The molecular weight excluding hydrogens is 296 g/mol. The highest BCUT2D eigenvalue weighted by Crippen LogP contribution is 2.34. The molecule has 3 aromatic heterocycles. The van der Waals surface area contributed by atoms with Crippen molar-refractivity contribution in [1.82, 2.24) is 19.6 Å². The van der Waals surface area contributed by atoms with Crippen LogP contribution in [-0.2, 0) is 0 Å². The maximum atomic E-state index is 4.80. The minimum atomic E-state index is 0.0351. The Morgan fingerprint density at radius 2 is 1.92 bits per heavy atom. The molecule has 0 unspecified atom stereocenters. The molecule has 4 nitrogen and oxygen atoms in total. The number of rotatable bonds is 2. The highest BCUT2D eigenvalue weighted by atomic mass is 15.2. The Bertz CT molecular complexity index is 975. The van der Waals surface area contributed by atoms with E-state index in [9.17, 15) is 0 Å². The molecule has 0 amide bonds. The molecule has 0 atom stereocenters. The topological polar surface area (TPSA) is 43.1 Å². The largest absolute Gasteiger partial charge is 0.264 e. The van der Waals surface area contributed by atoms with Crippen LogP contribution in [0.1, 0.15) is 19.5 Å². The molecule has 4 heteroatoms. The van der Waals surface area contributed by atoms with E-state index in [0.29, 0.717) is 0 Å². The van der Waals surface area contributed by atoms with E-state index in [0.717, 1.165) is 27.9 Å². The summed E-state index contributed by atoms with van der Waals surface area (Å²) < 4.78 is 1.87. The smallest absolute Gasteiger partial charge is 0.101 e. The highest BCUT2D eigenvalue weighted by Gasteiger charge is 2.19. The molecule has 24 heavy (non-hydrogen) atoms. The monoisotopic (exact) mass is 314 g/mol. The van der Waals surface area contributed by atoms with Gasteiger partial charge in [0.1, 0.15) is 5.69 Å². The molecule has 0 aliphatic heterocycles. The average Bonchev–Trinajstić information content (AvgIpc) is 2.88. The molecule has 4 rings (SSSR count). The van der Waals surface area contributed by atoms with E-state index < -0.39 is 0 Å². The lowest BCUT2D eigenvalue weighted by Crippen LogP contribution is -2.00. The van der Waals surface area contributed by atoms with Gasteiger partial charge in [-0.3, -0.25) is 9.97 Å². The second-order valence-corrected chi connectivity index (χ2v) is 6.51. The number of aromatic nitrogens is 4. The molecule has 0 saturated heterocycles. The number of pyridine rings is 1. The van der Waals surface area contributed by atoms with Crippen molar-refractivity contribution in [2.45, 2.75) is 13.8 Å². The van der Waals surface area contributed by atoms with Gasteiger partial charge in [-0.25, -0.2) is 4.52 Å². The van der Waals surface area contributed by atoms with Crippen molar-refractivity contribution in [1.29, 1.82) is 0 Å². The van der Waals surface area contributed by atoms with Gasteiger partial charge in [-0.1, -0.05) is 50.3 Å². The molecular formula is C20H18N4. The van der Waals surface area contributed by atoms with Crippen molar-refractivity contribution < 1.29 is 0 Å². The molecule has 1 aliphatic carbocycles. The fourth-order valence-electron chi connectivity index (χ4n) is 2.87. The van der Waals surface area contributed by atoms with Crippen molar-refractivity contribution in [3.8, 4) is 11.1 Å². The standard InChI is InChI=1S/C20H18N4/c1-20(2)8-3-5-15(7-9-20)19-18(16-6-4-10-21-13-16)17-14-22-11-12-24(17)23-19/h3-14H,1-2H3. The Morgan fingerprint density at radius 1 is 1.04 bits per heavy atom. The number of fused-ring (bicyclic) bond motifs is 1. The van der Waals surface area contributed by atoms with Gasteiger partial charge < -0.3 is 0 Å². The van der Waals surface area contributed by atoms with E-state index in [1.807, 2.05) is 29.2 Å². The number of allylic oxidation sites excluding steroid dienone is 6. The van der Waals surface area contributed by atoms with Crippen LogP contribution in [0.2, 0.25) is 0 Å². The van der Waals surface area contributed by atoms with Crippen molar-refractivity contribution in [2.75, 3.05) is 0 Å². The maximum Gasteiger partial charge on any atom is 0.101 e. The quantitative estimate of drug-likeness (QED) is 0.707. The average molecular weight is 314 g/mol. The fraction of sp³-hybridized carbons (Fsp3) is 0.150. The van der Waals surface area contributed by atoms with Gasteiger partial charge in [-0.05, 0) is 6.07 Å². The van der Waals surface area contributed by atoms with Crippen molar-refractivity contribution in [2.24, 2.45) is 5.41 Å². The van der Waals surface area contributed by atoms with E-state index in [1.54, 1.807) is 12.4 Å². The van der Waals surface area contributed by atoms with E-state index in [1.165, 1.54) is 0 Å². The minimum Gasteiger partial charge on any atom is -0.264 e. The first-order valence-corrected chi connectivity index (χ1v) is 7.96. The summed E-state index contributed by atoms with van der Waals surface area (Å²) in [6.45, 7) is 4.37. The van der Waals surface area contributed by atoms with Gasteiger partial charge in [0.05, 0.1) is 11.7 Å². The first-order chi connectivity index (χ1) is 11.6. The molecule has 0 saturated carbocycles. The van der Waals surface area contributed by atoms with Crippen LogP contribution in [0.25, 0.3) is 22.2 Å². The van der Waals surface area contributed by atoms with Crippen LogP contribution in [0.4, 0.5) is 0 Å². The third kappa shape index (κ3) is 2.56. The summed E-state index contributed by atoms with van der Waals surface area (Å²) in [4.78, 5) is 8.53. The molecule has 0 fully saturated rings. The lowest BCUT2D eigenvalue weighted by atomic mass is 9.93. The lowest BCUT2D eigenvalue weighted by molar-refractivity contribution is 0.627. The number of hydrogen-bond donors (Lipinski definition) is 0. The normalized spacial score (nSPS) is 16.2. The van der Waals surface area contributed by atoms with Crippen molar-refractivity contribution in [3.63, 3.8) is 0 Å². The Morgan fingerprint density at radius 3 is 2.75 bits per heavy atom. The summed E-state index contributed by atoms with van der Waals surface area (Å²) in [7, 11) is 0. The molecule has 0 bridgehead atoms. The summed E-state index contributed by atoms with van der Waals surface area (Å²) in [6, 6.07) is 4.00. The van der Waals surface area contributed by atoms with Crippen LogP contribution in [-0.4, -0.2) is 19.6 Å². The van der Waals surface area contributed by atoms with Gasteiger partial charge in [0.25, 0.3) is 0 Å². The summed E-state index contributed by atoms with van der Waals surface area (Å²) in [6.07, 6.45) is 19.9. The Kier molecular flexibility index (Phi) is 3.38. The second-order valence-electron chi connectivity index (χ2n) is 6.51. The highest BCUT2D eigenvalue weighted by molar-refractivity contribution is 5.92. The molecule has 0 N–H and O–H groups in total. The zero-order valence-electron chi connectivity index (χ0n) is 13.7. The van der Waals surface area contributed by atoms with Crippen LogP contribution in [0.15, 0.2) is 73.5 Å². The van der Waals surface area contributed by atoms with E-state index in [-0.39, 0.29) is 5.41 Å². The van der Waals surface area contributed by atoms with Gasteiger partial charge in [0, 0.05) is 46.9 Å². The summed E-state index contributed by atoms with van der Waals surface area (Å²) in [5.41, 5.74) is 5.13. The Hall–Kier alpha value is -3.01. The van der Waals surface area contributed by atoms with Gasteiger partial charge in [0.2, 0.25) is 0 Å². The first-order valence-electron chi connectivity index (χ1n) is 7.96. The number of hydrogen-bond acceptors (Lipinski definition) is 3. The zero-order valence-corrected chi connectivity index (χ0v) is 13.7. The van der Waals surface area contributed by atoms with Crippen LogP contribution in [0, 0.1) is 5.41 Å². The van der Waals surface area contributed by atoms with Gasteiger partial charge in [0.15, 0.2) is 0 Å². The maximum absolute atomic E-state index is 4.80. The SMILES string of the molecule is CC1(C)C=CC=C(c2nn3ccncc3c2-c2cccnc2)C=C1. The Balaban J connectivity index is 1.97. The third-order valence-corrected chi connectivity index (χ3v) is 4.16. The predicted molar refractivity (Wildman–Crippen MR) is 96.3 cm³/mol. The van der Waals surface area contributed by atoms with Gasteiger partial charge >= 0.3 is 0 Å². The molecule has 118 valence electrons. The van der Waals surface area contributed by atoms with Gasteiger partial charge in [-0.2, -0.15) is 5.10 Å². The van der Waals surface area contributed by atoms with E-state index >= 15 is 0 Å². The second kappa shape index (κ2) is 5.57. The minimum absolute atomic E-state index is 0.0351. The number of nitrogens with zero attached hydrogens (tertiary/aromatic N) is 4. The van der Waals surface area contributed by atoms with Gasteiger partial charge in [-0.15, -0.1) is 0 Å². The van der Waals surface area contributed by atoms with Crippen LogP contribution >= 0.6 is 0 Å². The Labute approximate surface area is 140 Å². The third-order valence-electron chi connectivity index (χ3n) is 4.16.